The molecule has 4 nitrogen and oxygen atoms in total. The number of nitrogens with zero attached hydrogens (tertiary/aromatic N) is 1. The predicted molar refractivity (Wildman–Crippen MR) is 59.6 cm³/mol. The summed E-state index contributed by atoms with van der Waals surface area (Å²) >= 11 is 0. The standard InChI is InChI=1S/C11H22N2O2/c1-12-10-6-8-13(11(10)15)7-4-2-3-5-9-14/h10,12,14H,2-9H2,1H3. The Bertz CT molecular complexity index is 197. The summed E-state index contributed by atoms with van der Waals surface area (Å²) in [6, 6.07) is 0.0439. The molecule has 0 aromatic rings. The summed E-state index contributed by atoms with van der Waals surface area (Å²) in [7, 11) is 1.84. The number of aliphatic hydroxyl groups excluding tert-OH is 1. The SMILES string of the molecule is CNC1CCN(CCCCCCO)C1=O. The molecule has 1 fully saturated rings. The van der Waals surface area contributed by atoms with Gasteiger partial charge in [-0.25, -0.2) is 0 Å². The van der Waals surface area contributed by atoms with Crippen molar-refractivity contribution in [1.82, 2.24) is 10.2 Å². The van der Waals surface area contributed by atoms with Crippen molar-refractivity contribution in [3.63, 3.8) is 0 Å². The van der Waals surface area contributed by atoms with Gasteiger partial charge in [0.05, 0.1) is 6.04 Å². The van der Waals surface area contributed by atoms with Gasteiger partial charge in [0, 0.05) is 19.7 Å². The number of aliphatic hydroxyl groups is 1. The van der Waals surface area contributed by atoms with Crippen LogP contribution in [0.15, 0.2) is 0 Å². The first-order valence-corrected chi connectivity index (χ1v) is 5.86. The lowest BCUT2D eigenvalue weighted by molar-refractivity contribution is -0.129. The number of nitrogens with one attached hydrogen (secondary N) is 1. The normalized spacial score (nSPS) is 21.3. The molecular formula is C11H22N2O2. The van der Waals surface area contributed by atoms with E-state index in [-0.39, 0.29) is 18.6 Å². The van der Waals surface area contributed by atoms with E-state index < -0.39 is 0 Å². The number of carbonyl (C=O) groups excluding carboxylic acids is 1. The van der Waals surface area contributed by atoms with E-state index in [0.717, 1.165) is 45.2 Å². The number of carbonyl (C=O) groups is 1. The zero-order chi connectivity index (χ0) is 11.1. The summed E-state index contributed by atoms with van der Waals surface area (Å²) in [5.41, 5.74) is 0. The maximum Gasteiger partial charge on any atom is 0.239 e. The Morgan fingerprint density at radius 3 is 2.73 bits per heavy atom. The van der Waals surface area contributed by atoms with Crippen LogP contribution in [0.3, 0.4) is 0 Å². The van der Waals surface area contributed by atoms with Gasteiger partial charge in [-0.2, -0.15) is 0 Å². The van der Waals surface area contributed by atoms with Gasteiger partial charge in [0.25, 0.3) is 0 Å². The van der Waals surface area contributed by atoms with Crippen LogP contribution in [-0.2, 0) is 4.79 Å². The minimum atomic E-state index is 0.0439. The number of likely N-dealkylation sites (N-methyl/N-ethyl adjacent to an activating group) is 1. The van der Waals surface area contributed by atoms with Gasteiger partial charge in [0.15, 0.2) is 0 Å². The number of likely N-dealkylation sites (tertiary alicyclic amines) is 1. The van der Waals surface area contributed by atoms with E-state index in [1.165, 1.54) is 0 Å². The van der Waals surface area contributed by atoms with Crippen LogP contribution in [-0.4, -0.2) is 48.7 Å². The van der Waals surface area contributed by atoms with Crippen molar-refractivity contribution in [3.05, 3.63) is 0 Å². The van der Waals surface area contributed by atoms with Gasteiger partial charge in [-0.05, 0) is 26.3 Å². The van der Waals surface area contributed by atoms with Gasteiger partial charge in [0.2, 0.25) is 5.91 Å². The second kappa shape index (κ2) is 6.80. The third-order valence-corrected chi connectivity index (χ3v) is 2.98. The highest BCUT2D eigenvalue weighted by Crippen LogP contribution is 2.12. The lowest BCUT2D eigenvalue weighted by Crippen LogP contribution is -2.36. The van der Waals surface area contributed by atoms with E-state index in [1.807, 2.05) is 11.9 Å². The van der Waals surface area contributed by atoms with Crippen molar-refractivity contribution >= 4 is 5.91 Å². The molecule has 0 aromatic carbocycles. The summed E-state index contributed by atoms with van der Waals surface area (Å²) in [6.07, 6.45) is 5.05. The number of amides is 1. The molecule has 0 bridgehead atoms. The van der Waals surface area contributed by atoms with Crippen LogP contribution in [0, 0.1) is 0 Å². The Morgan fingerprint density at radius 1 is 1.40 bits per heavy atom. The molecule has 4 heteroatoms. The number of rotatable bonds is 7. The molecule has 0 aliphatic carbocycles. The van der Waals surface area contributed by atoms with Crippen molar-refractivity contribution in [2.45, 2.75) is 38.1 Å². The summed E-state index contributed by atoms with van der Waals surface area (Å²) in [6.45, 7) is 2.05. The summed E-state index contributed by atoms with van der Waals surface area (Å²) in [4.78, 5) is 13.6. The first-order chi connectivity index (χ1) is 7.29. The van der Waals surface area contributed by atoms with Crippen molar-refractivity contribution in [3.8, 4) is 0 Å². The first kappa shape index (κ1) is 12.5. The molecule has 1 aliphatic rings. The first-order valence-electron chi connectivity index (χ1n) is 5.86. The van der Waals surface area contributed by atoms with Crippen molar-refractivity contribution in [1.29, 1.82) is 0 Å². The van der Waals surface area contributed by atoms with Crippen molar-refractivity contribution in [2.75, 3.05) is 26.7 Å². The Kier molecular flexibility index (Phi) is 5.65. The molecule has 1 aliphatic heterocycles. The highest BCUT2D eigenvalue weighted by atomic mass is 16.2. The monoisotopic (exact) mass is 214 g/mol. The van der Waals surface area contributed by atoms with Gasteiger partial charge in [-0.1, -0.05) is 12.8 Å². The molecular weight excluding hydrogens is 192 g/mol. The number of unbranched alkanes of at least 4 members (excludes halogenated alkanes) is 3. The van der Waals surface area contributed by atoms with E-state index in [0.29, 0.717) is 0 Å². The Morgan fingerprint density at radius 2 is 2.13 bits per heavy atom. The quantitative estimate of drug-likeness (QED) is 0.602. The predicted octanol–water partition coefficient (Wildman–Crippen LogP) is 0.359. The van der Waals surface area contributed by atoms with E-state index in [1.54, 1.807) is 0 Å². The van der Waals surface area contributed by atoms with Crippen LogP contribution in [0.4, 0.5) is 0 Å². The smallest absolute Gasteiger partial charge is 0.239 e. The summed E-state index contributed by atoms with van der Waals surface area (Å²) < 4.78 is 0. The van der Waals surface area contributed by atoms with Gasteiger partial charge in [-0.15, -0.1) is 0 Å². The molecule has 1 amide bonds. The molecule has 1 atom stereocenters. The molecule has 0 spiro atoms. The zero-order valence-corrected chi connectivity index (χ0v) is 9.54. The molecule has 1 rings (SSSR count). The van der Waals surface area contributed by atoms with Gasteiger partial charge in [0.1, 0.15) is 0 Å². The molecule has 1 unspecified atom stereocenters. The molecule has 88 valence electrons. The second-order valence-corrected chi connectivity index (χ2v) is 4.09. The van der Waals surface area contributed by atoms with Gasteiger partial charge >= 0.3 is 0 Å². The fourth-order valence-electron chi connectivity index (χ4n) is 2.00. The molecule has 1 saturated heterocycles. The Labute approximate surface area is 91.6 Å². The van der Waals surface area contributed by atoms with E-state index in [4.69, 9.17) is 5.11 Å². The molecule has 0 radical (unpaired) electrons. The fraction of sp³-hybridized carbons (Fsp3) is 0.909. The van der Waals surface area contributed by atoms with Crippen LogP contribution in [0.5, 0.6) is 0 Å². The lowest BCUT2D eigenvalue weighted by Gasteiger charge is -2.16. The summed E-state index contributed by atoms with van der Waals surface area (Å²) in [5.74, 6) is 0.250. The Hall–Kier alpha value is -0.610. The average molecular weight is 214 g/mol. The molecule has 0 saturated carbocycles. The third kappa shape index (κ3) is 3.80. The van der Waals surface area contributed by atoms with E-state index in [9.17, 15) is 4.79 Å². The largest absolute Gasteiger partial charge is 0.396 e. The lowest BCUT2D eigenvalue weighted by atomic mass is 10.2. The number of hydrogen-bond acceptors (Lipinski definition) is 3. The highest BCUT2D eigenvalue weighted by molar-refractivity contribution is 5.83. The van der Waals surface area contributed by atoms with Crippen LogP contribution in [0.25, 0.3) is 0 Å². The molecule has 0 aromatic heterocycles. The topological polar surface area (TPSA) is 52.6 Å². The summed E-state index contributed by atoms with van der Waals surface area (Å²) in [5, 5.41) is 11.6. The molecule has 15 heavy (non-hydrogen) atoms. The van der Waals surface area contributed by atoms with Crippen LogP contribution >= 0.6 is 0 Å². The minimum absolute atomic E-state index is 0.0439. The van der Waals surface area contributed by atoms with Crippen LogP contribution < -0.4 is 5.32 Å². The van der Waals surface area contributed by atoms with Crippen molar-refractivity contribution < 1.29 is 9.90 Å². The van der Waals surface area contributed by atoms with Gasteiger partial charge in [-0.3, -0.25) is 4.79 Å². The zero-order valence-electron chi connectivity index (χ0n) is 9.54. The molecule has 1 heterocycles. The second-order valence-electron chi connectivity index (χ2n) is 4.09. The van der Waals surface area contributed by atoms with Gasteiger partial charge < -0.3 is 15.3 Å². The van der Waals surface area contributed by atoms with Crippen molar-refractivity contribution in [2.24, 2.45) is 0 Å². The highest BCUT2D eigenvalue weighted by Gasteiger charge is 2.29. The van der Waals surface area contributed by atoms with Crippen LogP contribution in [0.1, 0.15) is 32.1 Å². The van der Waals surface area contributed by atoms with E-state index in [2.05, 4.69) is 5.32 Å². The maximum atomic E-state index is 11.7. The Balaban J connectivity index is 2.09. The molecule has 2 N–H and O–H groups in total. The minimum Gasteiger partial charge on any atom is -0.396 e. The maximum absolute atomic E-state index is 11.7. The van der Waals surface area contributed by atoms with E-state index >= 15 is 0 Å². The average Bonchev–Trinajstić information content (AvgIpc) is 2.60. The fourth-order valence-corrected chi connectivity index (χ4v) is 2.00. The number of hydrogen-bond donors (Lipinski definition) is 2. The third-order valence-electron chi connectivity index (χ3n) is 2.98. The van der Waals surface area contributed by atoms with Crippen LogP contribution in [0.2, 0.25) is 0 Å².